The standard InChI is InChI=1S/C23H30O3/c1-2-3-4-5-6-10-17-26-22(20-11-8-7-9-12-20)18-19-13-15-21(16-14-19)23(24)25/h7-9,11-16,22H,2-6,10,17-18H2,1H3,(H,24,25). The average Bonchev–Trinajstić information content (AvgIpc) is 2.67. The van der Waals surface area contributed by atoms with E-state index in [0.717, 1.165) is 25.0 Å². The Labute approximate surface area is 157 Å². The van der Waals surface area contributed by atoms with Crippen LogP contribution in [0.2, 0.25) is 0 Å². The smallest absolute Gasteiger partial charge is 0.335 e. The lowest BCUT2D eigenvalue weighted by Gasteiger charge is -2.19. The molecule has 1 atom stereocenters. The van der Waals surface area contributed by atoms with Gasteiger partial charge in [0.2, 0.25) is 0 Å². The van der Waals surface area contributed by atoms with Crippen LogP contribution < -0.4 is 0 Å². The van der Waals surface area contributed by atoms with Crippen molar-refractivity contribution in [1.82, 2.24) is 0 Å². The molecule has 0 saturated heterocycles. The monoisotopic (exact) mass is 354 g/mol. The third-order valence-electron chi connectivity index (χ3n) is 4.61. The fourth-order valence-corrected chi connectivity index (χ4v) is 3.05. The SMILES string of the molecule is CCCCCCCCOC(Cc1ccc(C(=O)O)cc1)c1ccccc1. The average molecular weight is 354 g/mol. The van der Waals surface area contributed by atoms with Gasteiger partial charge in [-0.3, -0.25) is 0 Å². The molecule has 0 aliphatic carbocycles. The number of aromatic carboxylic acids is 1. The van der Waals surface area contributed by atoms with Crippen LogP contribution in [0.1, 0.15) is 73.0 Å². The summed E-state index contributed by atoms with van der Waals surface area (Å²) in [4.78, 5) is 11.0. The molecule has 2 aromatic rings. The van der Waals surface area contributed by atoms with Crippen molar-refractivity contribution in [3.05, 3.63) is 71.3 Å². The molecule has 0 radical (unpaired) electrons. The quantitative estimate of drug-likeness (QED) is 0.472. The second-order valence-electron chi connectivity index (χ2n) is 6.74. The van der Waals surface area contributed by atoms with E-state index >= 15 is 0 Å². The van der Waals surface area contributed by atoms with Gasteiger partial charge in [-0.2, -0.15) is 0 Å². The molecule has 0 aliphatic rings. The normalized spacial score (nSPS) is 12.0. The van der Waals surface area contributed by atoms with Crippen LogP contribution in [-0.4, -0.2) is 17.7 Å². The van der Waals surface area contributed by atoms with E-state index in [4.69, 9.17) is 9.84 Å². The zero-order chi connectivity index (χ0) is 18.6. The second-order valence-corrected chi connectivity index (χ2v) is 6.74. The first-order valence-electron chi connectivity index (χ1n) is 9.69. The first-order valence-corrected chi connectivity index (χ1v) is 9.69. The Morgan fingerprint density at radius 2 is 1.58 bits per heavy atom. The van der Waals surface area contributed by atoms with Crippen LogP contribution in [-0.2, 0) is 11.2 Å². The summed E-state index contributed by atoms with van der Waals surface area (Å²) < 4.78 is 6.20. The molecule has 2 rings (SSSR count). The number of carboxylic acids is 1. The summed E-state index contributed by atoms with van der Waals surface area (Å²) >= 11 is 0. The van der Waals surface area contributed by atoms with Crippen molar-refractivity contribution in [2.45, 2.75) is 58.0 Å². The van der Waals surface area contributed by atoms with Crippen LogP contribution >= 0.6 is 0 Å². The maximum Gasteiger partial charge on any atom is 0.335 e. The van der Waals surface area contributed by atoms with Crippen LogP contribution in [0.15, 0.2) is 54.6 Å². The highest BCUT2D eigenvalue weighted by Gasteiger charge is 2.13. The zero-order valence-corrected chi connectivity index (χ0v) is 15.7. The fraction of sp³-hybridized carbons (Fsp3) is 0.435. The topological polar surface area (TPSA) is 46.5 Å². The highest BCUT2D eigenvalue weighted by atomic mass is 16.5. The molecule has 0 heterocycles. The molecule has 1 N–H and O–H groups in total. The van der Waals surface area contributed by atoms with Crippen molar-refractivity contribution in [3.8, 4) is 0 Å². The molecule has 0 saturated carbocycles. The van der Waals surface area contributed by atoms with Crippen molar-refractivity contribution < 1.29 is 14.6 Å². The van der Waals surface area contributed by atoms with Gasteiger partial charge in [-0.25, -0.2) is 4.79 Å². The van der Waals surface area contributed by atoms with Gasteiger partial charge in [-0.15, -0.1) is 0 Å². The number of hydrogen-bond donors (Lipinski definition) is 1. The molecule has 0 aliphatic heterocycles. The minimum atomic E-state index is -0.893. The Kier molecular flexibility index (Phi) is 8.91. The Morgan fingerprint density at radius 3 is 2.23 bits per heavy atom. The van der Waals surface area contributed by atoms with Crippen LogP contribution in [0.25, 0.3) is 0 Å². The van der Waals surface area contributed by atoms with Crippen LogP contribution in [0.3, 0.4) is 0 Å². The van der Waals surface area contributed by atoms with E-state index in [0.29, 0.717) is 5.56 Å². The van der Waals surface area contributed by atoms with Gasteiger partial charge >= 0.3 is 5.97 Å². The summed E-state index contributed by atoms with van der Waals surface area (Å²) in [5.41, 5.74) is 2.57. The van der Waals surface area contributed by atoms with Gasteiger partial charge in [0.25, 0.3) is 0 Å². The van der Waals surface area contributed by atoms with E-state index in [1.54, 1.807) is 12.1 Å². The molecule has 3 heteroatoms. The van der Waals surface area contributed by atoms with Gasteiger partial charge in [-0.1, -0.05) is 81.5 Å². The van der Waals surface area contributed by atoms with Crippen molar-refractivity contribution in [2.75, 3.05) is 6.61 Å². The van der Waals surface area contributed by atoms with Gasteiger partial charge in [-0.05, 0) is 29.7 Å². The number of carboxylic acid groups (broad SMARTS) is 1. The summed E-state index contributed by atoms with van der Waals surface area (Å²) in [7, 11) is 0. The van der Waals surface area contributed by atoms with Crippen molar-refractivity contribution in [2.24, 2.45) is 0 Å². The van der Waals surface area contributed by atoms with Crippen molar-refractivity contribution in [3.63, 3.8) is 0 Å². The predicted molar refractivity (Wildman–Crippen MR) is 106 cm³/mol. The lowest BCUT2D eigenvalue weighted by molar-refractivity contribution is 0.0500. The van der Waals surface area contributed by atoms with E-state index in [2.05, 4.69) is 19.1 Å². The lowest BCUT2D eigenvalue weighted by Crippen LogP contribution is -2.09. The molecule has 0 bridgehead atoms. The summed E-state index contributed by atoms with van der Waals surface area (Å²) in [6.07, 6.45) is 8.24. The summed E-state index contributed by atoms with van der Waals surface area (Å²) in [5, 5.41) is 9.03. The lowest BCUT2D eigenvalue weighted by atomic mass is 10.0. The molecule has 3 nitrogen and oxygen atoms in total. The number of hydrogen-bond acceptors (Lipinski definition) is 2. The van der Waals surface area contributed by atoms with Gasteiger partial charge in [0.05, 0.1) is 11.7 Å². The summed E-state index contributed by atoms with van der Waals surface area (Å²) in [6.45, 7) is 3.00. The maximum atomic E-state index is 11.0. The van der Waals surface area contributed by atoms with E-state index in [1.165, 1.54) is 37.7 Å². The Hall–Kier alpha value is -2.13. The first-order chi connectivity index (χ1) is 12.7. The molecule has 0 amide bonds. The van der Waals surface area contributed by atoms with Crippen LogP contribution in [0, 0.1) is 0 Å². The largest absolute Gasteiger partial charge is 0.478 e. The number of ether oxygens (including phenoxy) is 1. The minimum absolute atomic E-state index is 0.00233. The number of unbranched alkanes of at least 4 members (excludes halogenated alkanes) is 5. The molecular formula is C23H30O3. The Morgan fingerprint density at radius 1 is 0.923 bits per heavy atom. The van der Waals surface area contributed by atoms with E-state index in [1.807, 2.05) is 30.3 Å². The van der Waals surface area contributed by atoms with Gasteiger partial charge < -0.3 is 9.84 Å². The third-order valence-corrected chi connectivity index (χ3v) is 4.61. The maximum absolute atomic E-state index is 11.0. The number of carbonyl (C=O) groups is 1. The highest BCUT2D eigenvalue weighted by Crippen LogP contribution is 2.23. The Bertz CT molecular complexity index is 634. The van der Waals surface area contributed by atoms with Gasteiger partial charge in [0, 0.05) is 13.0 Å². The van der Waals surface area contributed by atoms with Crippen molar-refractivity contribution in [1.29, 1.82) is 0 Å². The summed E-state index contributed by atoms with van der Waals surface area (Å²) in [6, 6.07) is 17.3. The Balaban J connectivity index is 1.91. The molecule has 140 valence electrons. The van der Waals surface area contributed by atoms with E-state index in [-0.39, 0.29) is 6.10 Å². The van der Waals surface area contributed by atoms with Gasteiger partial charge in [0.15, 0.2) is 0 Å². The molecule has 0 fully saturated rings. The fourth-order valence-electron chi connectivity index (χ4n) is 3.05. The second kappa shape index (κ2) is 11.5. The third kappa shape index (κ3) is 7.01. The van der Waals surface area contributed by atoms with Crippen LogP contribution in [0.5, 0.6) is 0 Å². The van der Waals surface area contributed by atoms with E-state index < -0.39 is 5.97 Å². The zero-order valence-electron chi connectivity index (χ0n) is 15.7. The molecule has 0 spiro atoms. The number of benzene rings is 2. The summed E-state index contributed by atoms with van der Waals surface area (Å²) in [5.74, 6) is -0.893. The molecule has 26 heavy (non-hydrogen) atoms. The molecular weight excluding hydrogens is 324 g/mol. The highest BCUT2D eigenvalue weighted by molar-refractivity contribution is 5.87. The number of rotatable bonds is 12. The first kappa shape index (κ1) is 20.2. The van der Waals surface area contributed by atoms with Gasteiger partial charge in [0.1, 0.15) is 0 Å². The molecule has 0 aromatic heterocycles. The van der Waals surface area contributed by atoms with Crippen molar-refractivity contribution >= 4 is 5.97 Å². The minimum Gasteiger partial charge on any atom is -0.478 e. The predicted octanol–water partition coefficient (Wildman–Crippen LogP) is 6.05. The van der Waals surface area contributed by atoms with Crippen LogP contribution in [0.4, 0.5) is 0 Å². The molecule has 2 aromatic carbocycles. The molecule has 1 unspecified atom stereocenters. The van der Waals surface area contributed by atoms with E-state index in [9.17, 15) is 4.79 Å².